The highest BCUT2D eigenvalue weighted by atomic mass is 32.2. The fraction of sp³-hybridized carbons (Fsp3) is 0.500. The Labute approximate surface area is 98.9 Å². The van der Waals surface area contributed by atoms with Crippen molar-refractivity contribution in [2.45, 2.75) is 18.7 Å². The lowest BCUT2D eigenvalue weighted by atomic mass is 10.4. The quantitative estimate of drug-likeness (QED) is 0.824. The number of anilines is 2. The number of hydrogen-bond donors (Lipinski definition) is 1. The zero-order chi connectivity index (χ0) is 11.4. The summed E-state index contributed by atoms with van der Waals surface area (Å²) in [7, 11) is 0. The molecule has 1 aromatic heterocycles. The molecule has 0 aliphatic heterocycles. The van der Waals surface area contributed by atoms with Gasteiger partial charge in [0.05, 0.1) is 10.6 Å². The van der Waals surface area contributed by atoms with E-state index in [1.807, 2.05) is 6.26 Å². The number of rotatable bonds is 4. The summed E-state index contributed by atoms with van der Waals surface area (Å²) in [4.78, 5) is 3.90. The Kier molecular flexibility index (Phi) is 4.30. The predicted molar refractivity (Wildman–Crippen MR) is 68.8 cm³/mol. The topological polar surface area (TPSA) is 53.0 Å². The molecule has 0 amide bonds. The molecule has 0 saturated heterocycles. The Bertz CT molecular complexity index is 375. The molecule has 0 unspecified atom stereocenters. The SMILES string of the molecule is CCN(CC)c1sc(C#N)c(N)c1SC. The van der Waals surface area contributed by atoms with Gasteiger partial charge in [0, 0.05) is 13.1 Å². The molecule has 0 aliphatic rings. The van der Waals surface area contributed by atoms with E-state index in [-0.39, 0.29) is 0 Å². The van der Waals surface area contributed by atoms with Gasteiger partial charge in [-0.1, -0.05) is 0 Å². The molecule has 0 atom stereocenters. The van der Waals surface area contributed by atoms with Gasteiger partial charge in [-0.3, -0.25) is 0 Å². The molecule has 0 aliphatic carbocycles. The van der Waals surface area contributed by atoms with E-state index in [0.717, 1.165) is 23.0 Å². The Morgan fingerprint density at radius 3 is 2.47 bits per heavy atom. The molecule has 2 N–H and O–H groups in total. The van der Waals surface area contributed by atoms with Crippen molar-refractivity contribution in [2.75, 3.05) is 30.0 Å². The Morgan fingerprint density at radius 1 is 1.47 bits per heavy atom. The Hall–Kier alpha value is -0.860. The van der Waals surface area contributed by atoms with Crippen LogP contribution in [0.2, 0.25) is 0 Å². The molecule has 15 heavy (non-hydrogen) atoms. The fourth-order valence-electron chi connectivity index (χ4n) is 1.42. The van der Waals surface area contributed by atoms with Crippen LogP contribution in [0, 0.1) is 11.3 Å². The van der Waals surface area contributed by atoms with Crippen molar-refractivity contribution in [3.05, 3.63) is 4.88 Å². The van der Waals surface area contributed by atoms with Crippen LogP contribution in [0.3, 0.4) is 0 Å². The Morgan fingerprint density at radius 2 is 2.07 bits per heavy atom. The van der Waals surface area contributed by atoms with E-state index in [0.29, 0.717) is 10.6 Å². The zero-order valence-corrected chi connectivity index (χ0v) is 10.8. The van der Waals surface area contributed by atoms with Gasteiger partial charge in [-0.25, -0.2) is 0 Å². The number of nitrogen functional groups attached to an aromatic ring is 1. The highest BCUT2D eigenvalue weighted by Crippen LogP contribution is 2.43. The van der Waals surface area contributed by atoms with Gasteiger partial charge in [0.15, 0.2) is 0 Å². The van der Waals surface area contributed by atoms with Crippen molar-refractivity contribution in [3.63, 3.8) is 0 Å². The summed E-state index contributed by atoms with van der Waals surface area (Å²) in [6.07, 6.45) is 1.99. The van der Waals surface area contributed by atoms with Gasteiger partial charge >= 0.3 is 0 Å². The lowest BCUT2D eigenvalue weighted by Gasteiger charge is -2.20. The summed E-state index contributed by atoms with van der Waals surface area (Å²) in [5, 5.41) is 10.1. The first-order valence-electron chi connectivity index (χ1n) is 4.80. The average molecular weight is 241 g/mol. The molecule has 0 bridgehead atoms. The summed E-state index contributed by atoms with van der Waals surface area (Å²) >= 11 is 3.10. The average Bonchev–Trinajstić information content (AvgIpc) is 2.57. The van der Waals surface area contributed by atoms with Gasteiger partial charge < -0.3 is 10.6 Å². The number of nitrogens with zero attached hydrogens (tertiary/aromatic N) is 2. The van der Waals surface area contributed by atoms with Crippen molar-refractivity contribution in [1.82, 2.24) is 0 Å². The van der Waals surface area contributed by atoms with E-state index < -0.39 is 0 Å². The van der Waals surface area contributed by atoms with Gasteiger partial charge in [-0.2, -0.15) is 5.26 Å². The van der Waals surface area contributed by atoms with Crippen molar-refractivity contribution in [3.8, 4) is 6.07 Å². The molecule has 82 valence electrons. The van der Waals surface area contributed by atoms with Crippen LogP contribution in [0.1, 0.15) is 18.7 Å². The maximum absolute atomic E-state index is 8.93. The molecule has 1 heterocycles. The van der Waals surface area contributed by atoms with E-state index in [4.69, 9.17) is 11.0 Å². The highest BCUT2D eigenvalue weighted by Gasteiger charge is 2.18. The molecule has 5 heteroatoms. The third-order valence-corrected chi connectivity index (χ3v) is 4.36. The summed E-state index contributed by atoms with van der Waals surface area (Å²) < 4.78 is 0. The Balaban J connectivity index is 3.23. The molecular formula is C10H15N3S2. The van der Waals surface area contributed by atoms with Crippen LogP contribution in [-0.2, 0) is 0 Å². The van der Waals surface area contributed by atoms with Crippen LogP contribution >= 0.6 is 23.1 Å². The minimum atomic E-state index is 0.626. The van der Waals surface area contributed by atoms with Crippen LogP contribution < -0.4 is 10.6 Å². The van der Waals surface area contributed by atoms with E-state index in [1.165, 1.54) is 11.3 Å². The molecule has 1 aromatic rings. The van der Waals surface area contributed by atoms with Crippen LogP contribution in [0.25, 0.3) is 0 Å². The van der Waals surface area contributed by atoms with E-state index >= 15 is 0 Å². The molecule has 0 spiro atoms. The lowest BCUT2D eigenvalue weighted by molar-refractivity contribution is 0.868. The molecule has 1 rings (SSSR count). The smallest absolute Gasteiger partial charge is 0.131 e. The standard InChI is InChI=1S/C10H15N3S2/c1-4-13(5-2)10-9(14-3)8(12)7(6-11)15-10/h4-5,12H2,1-3H3. The highest BCUT2D eigenvalue weighted by molar-refractivity contribution is 7.99. The largest absolute Gasteiger partial charge is 0.396 e. The minimum Gasteiger partial charge on any atom is -0.396 e. The summed E-state index contributed by atoms with van der Waals surface area (Å²) in [6.45, 7) is 6.09. The summed E-state index contributed by atoms with van der Waals surface area (Å²) in [5.74, 6) is 0. The first-order chi connectivity index (χ1) is 7.19. The predicted octanol–water partition coefficient (Wildman–Crippen LogP) is 2.77. The molecule has 0 fully saturated rings. The van der Waals surface area contributed by atoms with Crippen molar-refractivity contribution in [1.29, 1.82) is 5.26 Å². The van der Waals surface area contributed by atoms with E-state index in [9.17, 15) is 0 Å². The van der Waals surface area contributed by atoms with Gasteiger partial charge in [-0.15, -0.1) is 23.1 Å². The number of thioether (sulfide) groups is 1. The summed E-state index contributed by atoms with van der Waals surface area (Å²) in [5.41, 5.74) is 6.55. The monoisotopic (exact) mass is 241 g/mol. The maximum Gasteiger partial charge on any atom is 0.131 e. The van der Waals surface area contributed by atoms with Crippen LogP contribution in [-0.4, -0.2) is 19.3 Å². The second-order valence-corrected chi connectivity index (χ2v) is 4.78. The van der Waals surface area contributed by atoms with Gasteiger partial charge in [0.1, 0.15) is 15.9 Å². The number of thiophene rings is 1. The molecular weight excluding hydrogens is 226 g/mol. The minimum absolute atomic E-state index is 0.626. The van der Waals surface area contributed by atoms with Crippen molar-refractivity contribution in [2.24, 2.45) is 0 Å². The molecule has 0 aromatic carbocycles. The van der Waals surface area contributed by atoms with Gasteiger partial charge in [0.2, 0.25) is 0 Å². The molecule has 3 nitrogen and oxygen atoms in total. The second-order valence-electron chi connectivity index (χ2n) is 2.97. The first-order valence-corrected chi connectivity index (χ1v) is 6.84. The van der Waals surface area contributed by atoms with Crippen LogP contribution in [0.15, 0.2) is 4.90 Å². The number of hydrogen-bond acceptors (Lipinski definition) is 5. The second kappa shape index (κ2) is 5.29. The van der Waals surface area contributed by atoms with Crippen LogP contribution in [0.5, 0.6) is 0 Å². The zero-order valence-electron chi connectivity index (χ0n) is 9.20. The fourth-order valence-corrected chi connectivity index (χ4v) is 3.52. The third kappa shape index (κ3) is 2.21. The van der Waals surface area contributed by atoms with E-state index in [1.54, 1.807) is 11.8 Å². The normalized spacial score (nSPS) is 10.0. The lowest BCUT2D eigenvalue weighted by Crippen LogP contribution is -2.21. The van der Waals surface area contributed by atoms with Gasteiger partial charge in [-0.05, 0) is 20.1 Å². The number of nitriles is 1. The number of nitrogens with two attached hydrogens (primary N) is 1. The molecule has 0 saturated carbocycles. The van der Waals surface area contributed by atoms with E-state index in [2.05, 4.69) is 24.8 Å². The van der Waals surface area contributed by atoms with Gasteiger partial charge in [0.25, 0.3) is 0 Å². The maximum atomic E-state index is 8.93. The first kappa shape index (κ1) is 12.2. The third-order valence-electron chi connectivity index (χ3n) is 2.24. The molecule has 0 radical (unpaired) electrons. The van der Waals surface area contributed by atoms with Crippen LogP contribution in [0.4, 0.5) is 10.7 Å². The summed E-state index contributed by atoms with van der Waals surface area (Å²) in [6, 6.07) is 2.15. The van der Waals surface area contributed by atoms with Crippen molar-refractivity contribution >= 4 is 33.8 Å². The van der Waals surface area contributed by atoms with Crippen molar-refractivity contribution < 1.29 is 0 Å².